The minimum absolute atomic E-state index is 0. The molecular formula is C23H31IN6O. The Morgan fingerprint density at radius 2 is 1.74 bits per heavy atom. The van der Waals surface area contributed by atoms with Gasteiger partial charge < -0.3 is 19.9 Å². The van der Waals surface area contributed by atoms with E-state index >= 15 is 0 Å². The third-order valence-electron chi connectivity index (χ3n) is 4.78. The van der Waals surface area contributed by atoms with Crippen LogP contribution in [0.4, 0.5) is 0 Å². The van der Waals surface area contributed by atoms with E-state index in [0.29, 0.717) is 6.54 Å². The van der Waals surface area contributed by atoms with E-state index in [0.717, 1.165) is 55.6 Å². The summed E-state index contributed by atoms with van der Waals surface area (Å²) in [6.07, 6.45) is 3.58. The molecule has 0 aliphatic heterocycles. The van der Waals surface area contributed by atoms with E-state index in [-0.39, 0.29) is 24.0 Å². The van der Waals surface area contributed by atoms with Gasteiger partial charge in [-0.1, -0.05) is 49.4 Å². The van der Waals surface area contributed by atoms with Crippen LogP contribution in [0.25, 0.3) is 0 Å². The van der Waals surface area contributed by atoms with E-state index in [1.165, 1.54) is 5.56 Å². The number of halogens is 1. The molecule has 0 saturated carbocycles. The molecule has 0 fully saturated rings. The first kappa shape index (κ1) is 24.6. The van der Waals surface area contributed by atoms with Crippen LogP contribution in [0.2, 0.25) is 0 Å². The van der Waals surface area contributed by atoms with Gasteiger partial charge >= 0.3 is 0 Å². The molecule has 0 saturated heterocycles. The molecule has 3 rings (SSSR count). The molecule has 0 bridgehead atoms. The first-order chi connectivity index (χ1) is 14.8. The Labute approximate surface area is 201 Å². The first-order valence-electron chi connectivity index (χ1n) is 10.3. The maximum absolute atomic E-state index is 5.22. The van der Waals surface area contributed by atoms with Gasteiger partial charge in [0.05, 0.1) is 13.7 Å². The number of nitrogens with zero attached hydrogens (tertiary/aromatic N) is 4. The Balaban J connectivity index is 0.00000341. The van der Waals surface area contributed by atoms with Gasteiger partial charge in [-0.2, -0.15) is 0 Å². The largest absolute Gasteiger partial charge is 0.497 e. The third-order valence-corrected chi connectivity index (χ3v) is 4.78. The molecular weight excluding hydrogens is 503 g/mol. The van der Waals surface area contributed by atoms with Gasteiger partial charge in [0, 0.05) is 26.1 Å². The maximum atomic E-state index is 5.22. The Morgan fingerprint density at radius 3 is 2.45 bits per heavy atom. The molecule has 0 unspecified atom stereocenters. The molecule has 1 aromatic heterocycles. The number of aliphatic imine (C=N–C) groups is 1. The van der Waals surface area contributed by atoms with Crippen molar-refractivity contribution in [1.29, 1.82) is 0 Å². The van der Waals surface area contributed by atoms with Gasteiger partial charge in [-0.25, -0.2) is 4.99 Å². The summed E-state index contributed by atoms with van der Waals surface area (Å²) in [7, 11) is 1.67. The molecule has 0 amide bonds. The van der Waals surface area contributed by atoms with Gasteiger partial charge in [0.1, 0.15) is 17.9 Å². The van der Waals surface area contributed by atoms with Gasteiger partial charge in [0.2, 0.25) is 0 Å². The van der Waals surface area contributed by atoms with E-state index in [4.69, 9.17) is 9.73 Å². The summed E-state index contributed by atoms with van der Waals surface area (Å²) < 4.78 is 7.29. The number of hydrogen-bond acceptors (Lipinski definition) is 4. The number of aromatic nitrogens is 3. The maximum Gasteiger partial charge on any atom is 0.191 e. The molecule has 2 N–H and O–H groups in total. The summed E-state index contributed by atoms with van der Waals surface area (Å²) >= 11 is 0. The van der Waals surface area contributed by atoms with Crippen LogP contribution >= 0.6 is 24.0 Å². The molecule has 31 heavy (non-hydrogen) atoms. The smallest absolute Gasteiger partial charge is 0.191 e. The highest BCUT2D eigenvalue weighted by atomic mass is 127. The number of benzene rings is 2. The summed E-state index contributed by atoms with van der Waals surface area (Å²) in [6.45, 7) is 5.02. The molecule has 0 spiro atoms. The third kappa shape index (κ3) is 8.20. The van der Waals surface area contributed by atoms with Crippen molar-refractivity contribution in [3.63, 3.8) is 0 Å². The molecule has 0 aliphatic carbocycles. The second-order valence-corrected chi connectivity index (χ2v) is 6.90. The van der Waals surface area contributed by atoms with Crippen LogP contribution in [0.15, 0.2) is 65.9 Å². The van der Waals surface area contributed by atoms with Crippen LogP contribution in [0, 0.1) is 0 Å². The van der Waals surface area contributed by atoms with E-state index in [9.17, 15) is 0 Å². The quantitative estimate of drug-likeness (QED) is 0.237. The minimum atomic E-state index is 0. The van der Waals surface area contributed by atoms with E-state index in [1.54, 1.807) is 13.4 Å². The SMILES string of the molecule is CCc1nncn1CCNC(=NCc1ccc(OC)cc1)NCCc1ccccc1.I. The molecule has 1 heterocycles. The fourth-order valence-corrected chi connectivity index (χ4v) is 3.08. The molecule has 3 aromatic rings. The first-order valence-corrected chi connectivity index (χ1v) is 10.3. The molecule has 0 radical (unpaired) electrons. The summed E-state index contributed by atoms with van der Waals surface area (Å²) in [6, 6.07) is 18.4. The molecule has 8 heteroatoms. The predicted molar refractivity (Wildman–Crippen MR) is 135 cm³/mol. The topological polar surface area (TPSA) is 76.4 Å². The lowest BCUT2D eigenvalue weighted by Gasteiger charge is -2.14. The highest BCUT2D eigenvalue weighted by Gasteiger charge is 2.03. The van der Waals surface area contributed by atoms with Gasteiger partial charge in [-0.3, -0.25) is 0 Å². The minimum Gasteiger partial charge on any atom is -0.497 e. The predicted octanol–water partition coefficient (Wildman–Crippen LogP) is 3.45. The van der Waals surface area contributed by atoms with Crippen molar-refractivity contribution in [3.8, 4) is 5.75 Å². The number of nitrogens with one attached hydrogen (secondary N) is 2. The Morgan fingerprint density at radius 1 is 1.00 bits per heavy atom. The van der Waals surface area contributed by atoms with Crippen molar-refractivity contribution in [2.45, 2.75) is 32.9 Å². The Hall–Kier alpha value is -2.62. The van der Waals surface area contributed by atoms with Crippen LogP contribution in [-0.2, 0) is 25.9 Å². The second-order valence-electron chi connectivity index (χ2n) is 6.90. The van der Waals surface area contributed by atoms with Gasteiger partial charge in [0.25, 0.3) is 0 Å². The Kier molecular flexibility index (Phi) is 10.8. The number of guanidine groups is 1. The van der Waals surface area contributed by atoms with E-state index < -0.39 is 0 Å². The van der Waals surface area contributed by atoms with Crippen LogP contribution in [0.1, 0.15) is 23.9 Å². The zero-order valence-corrected chi connectivity index (χ0v) is 20.5. The zero-order valence-electron chi connectivity index (χ0n) is 18.1. The van der Waals surface area contributed by atoms with Crippen LogP contribution in [0.3, 0.4) is 0 Å². The van der Waals surface area contributed by atoms with Crippen molar-refractivity contribution in [3.05, 3.63) is 77.9 Å². The summed E-state index contributed by atoms with van der Waals surface area (Å²) in [5.41, 5.74) is 2.43. The summed E-state index contributed by atoms with van der Waals surface area (Å²) in [5.74, 6) is 2.64. The zero-order chi connectivity index (χ0) is 21.0. The summed E-state index contributed by atoms with van der Waals surface area (Å²) in [4.78, 5) is 4.76. The monoisotopic (exact) mass is 534 g/mol. The van der Waals surface area contributed by atoms with Crippen LogP contribution in [0.5, 0.6) is 5.75 Å². The number of hydrogen-bond donors (Lipinski definition) is 2. The Bertz CT molecular complexity index is 911. The average Bonchev–Trinajstić information content (AvgIpc) is 3.25. The standard InChI is InChI=1S/C23H30N6O.HI/c1-3-22-28-27-18-29(22)16-15-25-23(24-14-13-19-7-5-4-6-8-19)26-17-20-9-11-21(30-2)12-10-20;/h4-12,18H,3,13-17H2,1-2H3,(H2,24,25,26);1H. The van der Waals surface area contributed by atoms with Gasteiger partial charge in [0.15, 0.2) is 5.96 Å². The van der Waals surface area contributed by atoms with Crippen LogP contribution in [-0.4, -0.2) is 40.9 Å². The number of methoxy groups -OCH3 is 1. The van der Waals surface area contributed by atoms with Crippen LogP contribution < -0.4 is 15.4 Å². The number of aryl methyl sites for hydroxylation is 1. The van der Waals surface area contributed by atoms with Crippen molar-refractivity contribution >= 4 is 29.9 Å². The highest BCUT2D eigenvalue weighted by molar-refractivity contribution is 14.0. The molecule has 7 nitrogen and oxygen atoms in total. The molecule has 0 atom stereocenters. The molecule has 166 valence electrons. The fourth-order valence-electron chi connectivity index (χ4n) is 3.08. The molecule has 2 aromatic carbocycles. The summed E-state index contributed by atoms with van der Waals surface area (Å²) in [5, 5.41) is 15.0. The number of ether oxygens (including phenoxy) is 1. The van der Waals surface area contributed by atoms with Gasteiger partial charge in [-0.15, -0.1) is 34.2 Å². The lowest BCUT2D eigenvalue weighted by Crippen LogP contribution is -2.40. The fraction of sp³-hybridized carbons (Fsp3) is 0.348. The highest BCUT2D eigenvalue weighted by Crippen LogP contribution is 2.11. The van der Waals surface area contributed by atoms with E-state index in [2.05, 4.69) is 56.6 Å². The van der Waals surface area contributed by atoms with Crippen molar-refractivity contribution in [1.82, 2.24) is 25.4 Å². The van der Waals surface area contributed by atoms with Gasteiger partial charge in [-0.05, 0) is 29.7 Å². The lowest BCUT2D eigenvalue weighted by molar-refractivity contribution is 0.414. The molecule has 0 aliphatic rings. The number of rotatable bonds is 10. The van der Waals surface area contributed by atoms with E-state index in [1.807, 2.05) is 30.3 Å². The lowest BCUT2D eigenvalue weighted by atomic mass is 10.1. The van der Waals surface area contributed by atoms with Crippen molar-refractivity contribution in [2.24, 2.45) is 4.99 Å². The van der Waals surface area contributed by atoms with Crippen molar-refractivity contribution in [2.75, 3.05) is 20.2 Å². The second kappa shape index (κ2) is 13.6. The normalized spacial score (nSPS) is 11.0. The average molecular weight is 534 g/mol. The van der Waals surface area contributed by atoms with Crippen molar-refractivity contribution < 1.29 is 4.74 Å².